The Hall–Kier alpha value is -1.87. The van der Waals surface area contributed by atoms with E-state index in [-0.39, 0.29) is 18.4 Å². The van der Waals surface area contributed by atoms with Crippen molar-refractivity contribution < 1.29 is 19.2 Å². The molecule has 11 heteroatoms. The van der Waals surface area contributed by atoms with Crippen molar-refractivity contribution in [2.45, 2.75) is 52.3 Å². The number of anilines is 1. The van der Waals surface area contributed by atoms with Gasteiger partial charge in [0.15, 0.2) is 11.5 Å². The molecule has 27 heavy (non-hydrogen) atoms. The summed E-state index contributed by atoms with van der Waals surface area (Å²) in [6.07, 6.45) is 4.69. The lowest BCUT2D eigenvalue weighted by molar-refractivity contribution is -0.145. The highest BCUT2D eigenvalue weighted by Gasteiger charge is 2.19. The van der Waals surface area contributed by atoms with Crippen LogP contribution >= 0.6 is 8.30 Å². The molecule has 4 N–H and O–H groups in total. The van der Waals surface area contributed by atoms with Crippen molar-refractivity contribution in [1.29, 1.82) is 0 Å². The monoisotopic (exact) mass is 398 g/mol. The number of unbranched alkanes of at least 4 members (excludes halogenated alkanes) is 1. The maximum absolute atomic E-state index is 11.8. The highest BCUT2D eigenvalue weighted by atomic mass is 31.2. The first-order valence-electron chi connectivity index (χ1n) is 8.84. The van der Waals surface area contributed by atoms with Gasteiger partial charge in [-0.1, -0.05) is 13.3 Å². The second-order valence-corrected chi connectivity index (χ2v) is 7.52. The lowest BCUT2D eigenvalue weighted by Crippen LogP contribution is -2.33. The third-order valence-corrected chi connectivity index (χ3v) is 4.88. The van der Waals surface area contributed by atoms with Gasteiger partial charge in [-0.25, -0.2) is 15.0 Å². The molecular weight excluding hydrogens is 371 g/mol. The molecule has 150 valence electrons. The summed E-state index contributed by atoms with van der Waals surface area (Å²) in [5.74, 6) is -0.0459. The van der Waals surface area contributed by atoms with Crippen LogP contribution in [-0.2, 0) is 20.8 Å². The number of hydrogen-bond acceptors (Lipinski definition) is 9. The van der Waals surface area contributed by atoms with E-state index >= 15 is 0 Å². The van der Waals surface area contributed by atoms with Gasteiger partial charge in [0, 0.05) is 0 Å². The fourth-order valence-electron chi connectivity index (χ4n) is 2.32. The summed E-state index contributed by atoms with van der Waals surface area (Å²) >= 11 is 0. The van der Waals surface area contributed by atoms with E-state index in [1.807, 2.05) is 18.4 Å². The second kappa shape index (κ2) is 10.5. The van der Waals surface area contributed by atoms with E-state index in [0.29, 0.717) is 30.1 Å². The van der Waals surface area contributed by atoms with Crippen LogP contribution in [0.3, 0.4) is 0 Å². The van der Waals surface area contributed by atoms with Gasteiger partial charge in [-0.3, -0.25) is 9.88 Å². The number of esters is 1. The van der Waals surface area contributed by atoms with E-state index in [1.165, 1.54) is 6.33 Å². The van der Waals surface area contributed by atoms with Gasteiger partial charge in [-0.05, 0) is 20.3 Å². The second-order valence-electron chi connectivity index (χ2n) is 6.21. The fraction of sp³-hybridized carbons (Fsp3) is 0.625. The van der Waals surface area contributed by atoms with Crippen molar-refractivity contribution in [3.05, 3.63) is 12.7 Å². The Kier molecular flexibility index (Phi) is 8.30. The lowest BCUT2D eigenvalue weighted by Gasteiger charge is -2.20. The quantitative estimate of drug-likeness (QED) is 0.291. The number of nitrogens with one attached hydrogen (secondary N) is 1. The summed E-state index contributed by atoms with van der Waals surface area (Å²) < 4.78 is 12.6. The van der Waals surface area contributed by atoms with Crippen LogP contribution in [0.1, 0.15) is 33.6 Å². The highest BCUT2D eigenvalue weighted by Crippen LogP contribution is 2.26. The Bertz CT molecular complexity index is 743. The van der Waals surface area contributed by atoms with Crippen LogP contribution < -0.4 is 10.8 Å². The number of nitrogen functional groups attached to an aromatic ring is 1. The van der Waals surface area contributed by atoms with Crippen molar-refractivity contribution in [3.63, 3.8) is 0 Å². The molecule has 0 saturated heterocycles. The van der Waals surface area contributed by atoms with Gasteiger partial charge in [0.25, 0.3) is 0 Å². The predicted molar refractivity (Wildman–Crippen MR) is 103 cm³/mol. The third-order valence-electron chi connectivity index (χ3n) is 3.80. The van der Waals surface area contributed by atoms with Crippen LogP contribution in [0.25, 0.3) is 11.2 Å². The highest BCUT2D eigenvalue weighted by molar-refractivity contribution is 7.49. The number of ether oxygens (including phenoxy) is 2. The van der Waals surface area contributed by atoms with Gasteiger partial charge in [0.05, 0.1) is 25.6 Å². The Morgan fingerprint density at radius 3 is 2.93 bits per heavy atom. The average molecular weight is 398 g/mol. The topological polar surface area (TPSA) is 137 Å². The Labute approximate surface area is 159 Å². The van der Waals surface area contributed by atoms with E-state index < -0.39 is 14.3 Å². The molecule has 0 spiro atoms. The first-order valence-corrected chi connectivity index (χ1v) is 10.3. The summed E-state index contributed by atoms with van der Waals surface area (Å²) in [5, 5.41) is 2.82. The first kappa shape index (κ1) is 21.4. The number of rotatable bonds is 11. The van der Waals surface area contributed by atoms with Crippen LogP contribution in [0.5, 0.6) is 0 Å². The summed E-state index contributed by atoms with van der Waals surface area (Å²) in [4.78, 5) is 34.2. The minimum absolute atomic E-state index is 0.0901. The molecule has 0 aliphatic carbocycles. The van der Waals surface area contributed by atoms with Crippen LogP contribution in [-0.4, -0.2) is 55.5 Å². The maximum atomic E-state index is 11.8. The molecule has 0 aromatic carbocycles. The first-order chi connectivity index (χ1) is 12.9. The van der Waals surface area contributed by atoms with Crippen LogP contribution in [0, 0.1) is 0 Å². The summed E-state index contributed by atoms with van der Waals surface area (Å²) in [7, 11) is -1.65. The van der Waals surface area contributed by atoms with Crippen molar-refractivity contribution in [2.24, 2.45) is 0 Å². The number of carbonyl (C=O) groups is 1. The largest absolute Gasteiger partial charge is 0.465 e. The number of aromatic nitrogens is 4. The van der Waals surface area contributed by atoms with E-state index in [1.54, 1.807) is 13.3 Å². The normalized spacial score (nSPS) is 14.8. The zero-order chi connectivity index (χ0) is 19.8. The van der Waals surface area contributed by atoms with Crippen molar-refractivity contribution in [1.82, 2.24) is 24.6 Å². The molecule has 0 radical (unpaired) electrons. The van der Waals surface area contributed by atoms with Crippen LogP contribution in [0.4, 0.5) is 5.82 Å². The van der Waals surface area contributed by atoms with E-state index in [2.05, 4.69) is 20.0 Å². The Balaban J connectivity index is 1.76. The van der Waals surface area contributed by atoms with Gasteiger partial charge < -0.3 is 24.7 Å². The molecule has 10 nitrogen and oxygen atoms in total. The van der Waals surface area contributed by atoms with Gasteiger partial charge >= 0.3 is 5.97 Å². The van der Waals surface area contributed by atoms with Crippen molar-refractivity contribution >= 4 is 31.3 Å². The smallest absolute Gasteiger partial charge is 0.323 e. The molecule has 0 fully saturated rings. The number of carbonyl (C=O) groups excluding carboxylic acids is 1. The number of hydrogen-bond donors (Lipinski definition) is 3. The predicted octanol–water partition coefficient (Wildman–Crippen LogP) is 1.40. The lowest BCUT2D eigenvalue weighted by atomic mass is 10.3. The number of fused-ring (bicyclic) bond motifs is 1. The summed E-state index contributed by atoms with van der Waals surface area (Å²) in [5.41, 5.74) is 6.95. The fourth-order valence-corrected chi connectivity index (χ4v) is 3.34. The summed E-state index contributed by atoms with van der Waals surface area (Å²) in [6.45, 7) is 6.44. The molecule has 2 aromatic heterocycles. The molecule has 2 heterocycles. The molecule has 2 rings (SSSR count). The zero-order valence-corrected chi connectivity index (χ0v) is 16.7. The molecule has 0 saturated carbocycles. The molecule has 0 aliphatic rings. The van der Waals surface area contributed by atoms with E-state index in [9.17, 15) is 9.69 Å². The Morgan fingerprint density at radius 2 is 2.19 bits per heavy atom. The van der Waals surface area contributed by atoms with Crippen LogP contribution in [0.2, 0.25) is 0 Å². The molecule has 3 unspecified atom stereocenters. The number of nitrogens with two attached hydrogens (primary N) is 1. The third kappa shape index (κ3) is 6.35. The molecule has 0 amide bonds. The summed E-state index contributed by atoms with van der Waals surface area (Å²) in [6, 6.07) is -0.589. The van der Waals surface area contributed by atoms with Gasteiger partial charge in [-0.2, -0.15) is 0 Å². The van der Waals surface area contributed by atoms with E-state index in [4.69, 9.17) is 15.2 Å². The number of imidazole rings is 1. The molecule has 3 atom stereocenters. The maximum Gasteiger partial charge on any atom is 0.323 e. The molecule has 0 aliphatic heterocycles. The van der Waals surface area contributed by atoms with Crippen LogP contribution in [0.15, 0.2) is 12.7 Å². The van der Waals surface area contributed by atoms with Gasteiger partial charge in [-0.15, -0.1) is 0 Å². The Morgan fingerprint density at radius 1 is 1.41 bits per heavy atom. The SMILES string of the molecule is CCCCOC(=O)C(C)NP(O)COC(C)Cn1cnc2c(N)ncnc21. The minimum Gasteiger partial charge on any atom is -0.465 e. The molecular formula is C16H27N6O4P. The van der Waals surface area contributed by atoms with Crippen molar-refractivity contribution in [3.8, 4) is 0 Å². The molecule has 0 bridgehead atoms. The van der Waals surface area contributed by atoms with Gasteiger partial charge in [0.1, 0.15) is 32.5 Å². The number of nitrogens with zero attached hydrogens (tertiary/aromatic N) is 4. The van der Waals surface area contributed by atoms with Crippen molar-refractivity contribution in [2.75, 3.05) is 18.7 Å². The zero-order valence-electron chi connectivity index (χ0n) is 15.8. The standard InChI is InChI=1S/C16H27N6O4P/c1-4-5-6-25-16(23)12(3)21-27(24)10-26-11(2)7-22-9-20-13-14(17)18-8-19-15(13)22/h8-9,11-12,21,24H,4-7,10H2,1-3H3,(H2,17,18,19). The molecule has 2 aromatic rings. The van der Waals surface area contributed by atoms with E-state index in [0.717, 1.165) is 12.8 Å². The minimum atomic E-state index is -1.65. The van der Waals surface area contributed by atoms with Gasteiger partial charge in [0.2, 0.25) is 0 Å². The average Bonchev–Trinajstić information content (AvgIpc) is 3.04.